The van der Waals surface area contributed by atoms with Gasteiger partial charge in [-0.2, -0.15) is 0 Å². The Morgan fingerprint density at radius 3 is 2.74 bits per heavy atom. The van der Waals surface area contributed by atoms with Crippen molar-refractivity contribution in [1.82, 2.24) is 0 Å². The van der Waals surface area contributed by atoms with Gasteiger partial charge in [-0.25, -0.2) is 12.8 Å². The first-order valence-corrected chi connectivity index (χ1v) is 13.3. The molecule has 31 heavy (non-hydrogen) atoms. The summed E-state index contributed by atoms with van der Waals surface area (Å²) in [4.78, 5) is 0. The van der Waals surface area contributed by atoms with Gasteiger partial charge in [-0.05, 0) is 80.8 Å². The summed E-state index contributed by atoms with van der Waals surface area (Å²) in [6.45, 7) is 9.60. The Bertz CT molecular complexity index is 951. The van der Waals surface area contributed by atoms with Gasteiger partial charge in [0.1, 0.15) is 0 Å². The maximum atomic E-state index is 14.5. The van der Waals surface area contributed by atoms with Crippen LogP contribution in [0.4, 0.5) is 4.39 Å². The van der Waals surface area contributed by atoms with Crippen LogP contribution in [0.1, 0.15) is 65.7 Å². The maximum Gasteiger partial charge on any atom is 0.225 e. The molecule has 5 heteroatoms. The minimum Gasteiger partial charge on any atom is -0.393 e. The number of alkyl halides is 1. The molecule has 3 rings (SSSR count). The van der Waals surface area contributed by atoms with E-state index in [1.165, 1.54) is 17.2 Å². The van der Waals surface area contributed by atoms with Crippen LogP contribution in [0.25, 0.3) is 0 Å². The Hall–Kier alpha value is -1.46. The highest BCUT2D eigenvalue weighted by Gasteiger charge is 2.45. The predicted octanol–water partition coefficient (Wildman–Crippen LogP) is 6.00. The molecule has 5 atom stereocenters. The van der Waals surface area contributed by atoms with E-state index < -0.39 is 14.8 Å². The van der Waals surface area contributed by atoms with Gasteiger partial charge in [0.05, 0.1) is 6.10 Å². The lowest BCUT2D eigenvalue weighted by Crippen LogP contribution is -2.32. The number of aliphatic hydroxyl groups is 1. The van der Waals surface area contributed by atoms with E-state index in [2.05, 4.69) is 31.7 Å². The summed E-state index contributed by atoms with van der Waals surface area (Å²) < 4.78 is 37.9. The SMILES string of the molecule is C=C1CC[C@H](O)C/C1=C/C=C1\CCCC2(C)C([C@H](C)/C=C/C(C)(F)S(C)(=O)=O)=CC[C@@H]12. The van der Waals surface area contributed by atoms with E-state index in [9.17, 15) is 17.9 Å². The molecule has 0 spiro atoms. The smallest absolute Gasteiger partial charge is 0.225 e. The van der Waals surface area contributed by atoms with Crippen molar-refractivity contribution < 1.29 is 17.9 Å². The highest BCUT2D eigenvalue weighted by molar-refractivity contribution is 7.92. The van der Waals surface area contributed by atoms with Crippen molar-refractivity contribution in [3.8, 4) is 0 Å². The zero-order valence-corrected chi connectivity index (χ0v) is 20.1. The fourth-order valence-electron chi connectivity index (χ4n) is 5.50. The average Bonchev–Trinajstić information content (AvgIpc) is 3.03. The first kappa shape index (κ1) is 24.2. The van der Waals surface area contributed by atoms with Crippen molar-refractivity contribution in [2.45, 2.75) is 76.8 Å². The Kier molecular flexibility index (Phi) is 6.88. The highest BCUT2D eigenvalue weighted by atomic mass is 32.2. The van der Waals surface area contributed by atoms with Crippen molar-refractivity contribution in [1.29, 1.82) is 0 Å². The quantitative estimate of drug-likeness (QED) is 0.525. The van der Waals surface area contributed by atoms with E-state index in [1.807, 2.05) is 6.92 Å². The van der Waals surface area contributed by atoms with Gasteiger partial charge in [-0.1, -0.05) is 61.4 Å². The summed E-state index contributed by atoms with van der Waals surface area (Å²) in [7, 11) is -3.81. The van der Waals surface area contributed by atoms with Crippen molar-refractivity contribution in [3.05, 3.63) is 59.3 Å². The summed E-state index contributed by atoms with van der Waals surface area (Å²) in [6.07, 6.45) is 16.8. The molecule has 0 amide bonds. The monoisotopic (exact) mass is 448 g/mol. The predicted molar refractivity (Wildman–Crippen MR) is 126 cm³/mol. The van der Waals surface area contributed by atoms with Gasteiger partial charge < -0.3 is 5.11 Å². The molecule has 2 fully saturated rings. The van der Waals surface area contributed by atoms with Gasteiger partial charge in [0.15, 0.2) is 9.84 Å². The maximum absolute atomic E-state index is 14.5. The second kappa shape index (κ2) is 8.82. The van der Waals surface area contributed by atoms with Crippen molar-refractivity contribution in [3.63, 3.8) is 0 Å². The van der Waals surface area contributed by atoms with Crippen molar-refractivity contribution >= 4 is 9.84 Å². The number of allylic oxidation sites excluding steroid dienone is 7. The molecule has 0 bridgehead atoms. The lowest BCUT2D eigenvalue weighted by molar-refractivity contribution is 0.158. The lowest BCUT2D eigenvalue weighted by atomic mass is 9.62. The normalized spacial score (nSPS) is 35.3. The van der Waals surface area contributed by atoms with Gasteiger partial charge in [0, 0.05) is 6.26 Å². The number of halogens is 1. The Morgan fingerprint density at radius 1 is 1.35 bits per heavy atom. The molecule has 1 N–H and O–H groups in total. The van der Waals surface area contributed by atoms with Crippen LogP contribution in [0.2, 0.25) is 0 Å². The summed E-state index contributed by atoms with van der Waals surface area (Å²) >= 11 is 0. The molecule has 2 saturated carbocycles. The first-order chi connectivity index (χ1) is 14.3. The van der Waals surface area contributed by atoms with Crippen LogP contribution in [0.3, 0.4) is 0 Å². The minimum absolute atomic E-state index is 0.00718. The van der Waals surface area contributed by atoms with Crippen LogP contribution in [-0.2, 0) is 9.84 Å². The van der Waals surface area contributed by atoms with Gasteiger partial charge in [-0.3, -0.25) is 0 Å². The topological polar surface area (TPSA) is 54.4 Å². The van der Waals surface area contributed by atoms with Crippen LogP contribution in [0.15, 0.2) is 59.3 Å². The van der Waals surface area contributed by atoms with Crippen LogP contribution in [-0.4, -0.2) is 30.9 Å². The molecule has 0 aromatic rings. The highest BCUT2D eigenvalue weighted by Crippen LogP contribution is 2.56. The van der Waals surface area contributed by atoms with Gasteiger partial charge in [0.2, 0.25) is 5.00 Å². The number of aliphatic hydroxyl groups excluding tert-OH is 1. The number of fused-ring (bicyclic) bond motifs is 1. The van der Waals surface area contributed by atoms with E-state index in [-0.39, 0.29) is 17.4 Å². The number of hydrogen-bond acceptors (Lipinski definition) is 3. The molecule has 2 unspecified atom stereocenters. The third kappa shape index (κ3) is 4.98. The second-order valence-corrected chi connectivity index (χ2v) is 12.4. The van der Waals surface area contributed by atoms with E-state index in [0.717, 1.165) is 62.9 Å². The molecular weight excluding hydrogens is 411 g/mol. The van der Waals surface area contributed by atoms with E-state index in [0.29, 0.717) is 12.3 Å². The van der Waals surface area contributed by atoms with Crippen molar-refractivity contribution in [2.75, 3.05) is 6.26 Å². The standard InChI is InChI=1S/C26H37FO3S/c1-18-8-11-22(28)17-21(18)10-9-20-7-6-15-25(3)23(12-13-24(20)25)19(2)14-16-26(4,27)31(5,29)30/h9-10,12,14,16,19,22,24,28H,1,6-8,11,13,15,17H2,2-5H3/b16-14+,20-9+,21-10-/t19-,22+,24+,25?,26?/m1/s1. The van der Waals surface area contributed by atoms with Crippen molar-refractivity contribution in [2.24, 2.45) is 17.3 Å². The van der Waals surface area contributed by atoms with Gasteiger partial charge in [-0.15, -0.1) is 0 Å². The van der Waals surface area contributed by atoms with E-state index >= 15 is 0 Å². The zero-order valence-electron chi connectivity index (χ0n) is 19.3. The molecule has 0 aliphatic heterocycles. The largest absolute Gasteiger partial charge is 0.393 e. The molecular formula is C26H37FO3S. The fourth-order valence-corrected chi connectivity index (χ4v) is 5.82. The molecule has 3 aliphatic rings. The molecule has 0 aromatic carbocycles. The fraction of sp³-hybridized carbons (Fsp3) is 0.615. The molecule has 0 aromatic heterocycles. The van der Waals surface area contributed by atoms with Gasteiger partial charge >= 0.3 is 0 Å². The summed E-state index contributed by atoms with van der Waals surface area (Å²) in [6, 6.07) is 0. The van der Waals surface area contributed by atoms with Gasteiger partial charge in [0.25, 0.3) is 0 Å². The molecule has 3 nitrogen and oxygen atoms in total. The second-order valence-electron chi connectivity index (χ2n) is 10.1. The van der Waals surface area contributed by atoms with Crippen LogP contribution in [0, 0.1) is 17.3 Å². The molecule has 172 valence electrons. The van der Waals surface area contributed by atoms with Crippen LogP contribution < -0.4 is 0 Å². The first-order valence-electron chi connectivity index (χ1n) is 11.4. The molecule has 0 radical (unpaired) electrons. The Balaban J connectivity index is 1.80. The number of sulfone groups is 1. The number of hydrogen-bond donors (Lipinski definition) is 1. The Labute approximate surface area is 187 Å². The van der Waals surface area contributed by atoms with E-state index in [4.69, 9.17) is 0 Å². The zero-order chi connectivity index (χ0) is 23.0. The third-order valence-electron chi connectivity index (χ3n) is 7.70. The summed E-state index contributed by atoms with van der Waals surface area (Å²) in [5.41, 5.74) is 5.01. The van der Waals surface area contributed by atoms with E-state index in [1.54, 1.807) is 6.08 Å². The molecule has 0 heterocycles. The van der Waals surface area contributed by atoms with Crippen LogP contribution >= 0.6 is 0 Å². The number of rotatable bonds is 5. The average molecular weight is 449 g/mol. The summed E-state index contributed by atoms with van der Waals surface area (Å²) in [5.74, 6) is 0.398. The molecule has 0 saturated heterocycles. The molecule has 3 aliphatic carbocycles. The van der Waals surface area contributed by atoms with Crippen LogP contribution in [0.5, 0.6) is 0 Å². The minimum atomic E-state index is -3.81. The lowest BCUT2D eigenvalue weighted by Gasteiger charge is -2.42. The third-order valence-corrected chi connectivity index (χ3v) is 9.28. The summed E-state index contributed by atoms with van der Waals surface area (Å²) in [5, 5.41) is 7.65. The Morgan fingerprint density at radius 2 is 2.06 bits per heavy atom.